The first-order chi connectivity index (χ1) is 11.6. The second-order valence-electron chi connectivity index (χ2n) is 5.39. The molecule has 24 heavy (non-hydrogen) atoms. The van der Waals surface area contributed by atoms with E-state index in [-0.39, 0.29) is 12.6 Å². The lowest BCUT2D eigenvalue weighted by molar-refractivity contribution is -0.122. The molecule has 0 radical (unpaired) electrons. The molecule has 0 aliphatic rings. The second kappa shape index (κ2) is 11.5. The number of carbonyl (C=O) groups is 1. The predicted octanol–water partition coefficient (Wildman–Crippen LogP) is 4.18. The molecule has 130 valence electrons. The van der Waals surface area contributed by atoms with Gasteiger partial charge in [0.05, 0.1) is 0 Å². The summed E-state index contributed by atoms with van der Waals surface area (Å²) in [6, 6.07) is 18.8. The minimum Gasteiger partial charge on any atom is -0.486 e. The third-order valence-electron chi connectivity index (χ3n) is 3.35. The van der Waals surface area contributed by atoms with Crippen molar-refractivity contribution in [3.63, 3.8) is 0 Å². The van der Waals surface area contributed by atoms with Crippen LogP contribution in [0, 0.1) is 0 Å². The molecule has 0 spiro atoms. The van der Waals surface area contributed by atoms with Gasteiger partial charge in [-0.3, -0.25) is 4.79 Å². The topological polar surface area (TPSA) is 49.8 Å². The van der Waals surface area contributed by atoms with E-state index in [1.165, 1.54) is 10.5 Å². The summed E-state index contributed by atoms with van der Waals surface area (Å²) in [6.07, 6.45) is 3.15. The van der Waals surface area contributed by atoms with Crippen molar-refractivity contribution >= 4 is 18.2 Å². The maximum atomic E-state index is 8.36. The Hall–Kier alpha value is -1.98. The molecular weight excluding hydrogens is 322 g/mol. The van der Waals surface area contributed by atoms with Crippen LogP contribution in [0.4, 0.5) is 0 Å². The molecule has 0 aliphatic carbocycles. The number of hydrogen-bond donors (Lipinski definition) is 1. The molecule has 1 atom stereocenters. The first kappa shape index (κ1) is 20.1. The van der Waals surface area contributed by atoms with Crippen LogP contribution >= 0.6 is 11.8 Å². The highest BCUT2D eigenvalue weighted by atomic mass is 32.2. The standard InChI is InChI=1S/C18H23NOS.CH2O2/c1-19(2)14-13-18(15-7-5-4-6-8-15)20-16-9-11-17(21-3)12-10-16;2-1-3/h4-12,18H,13-14H2,1-3H3;1H,(H,2,3). The molecule has 0 aromatic heterocycles. The van der Waals surface area contributed by atoms with E-state index in [0.29, 0.717) is 0 Å². The Kier molecular flexibility index (Phi) is 9.65. The molecular formula is C19H25NO3S. The van der Waals surface area contributed by atoms with E-state index in [0.717, 1.165) is 18.7 Å². The number of hydrogen-bond acceptors (Lipinski definition) is 4. The van der Waals surface area contributed by atoms with E-state index in [1.54, 1.807) is 11.8 Å². The Labute approximate surface area is 148 Å². The van der Waals surface area contributed by atoms with E-state index in [4.69, 9.17) is 14.6 Å². The molecule has 0 fully saturated rings. The number of benzene rings is 2. The first-order valence-corrected chi connectivity index (χ1v) is 8.91. The molecule has 0 saturated heterocycles. The smallest absolute Gasteiger partial charge is 0.290 e. The summed E-state index contributed by atoms with van der Waals surface area (Å²) in [6.45, 7) is 0.752. The Morgan fingerprint density at radius 1 is 1.12 bits per heavy atom. The van der Waals surface area contributed by atoms with Crippen molar-refractivity contribution in [2.24, 2.45) is 0 Å². The van der Waals surface area contributed by atoms with Crippen LogP contribution in [0.25, 0.3) is 0 Å². The van der Waals surface area contributed by atoms with E-state index in [1.807, 2.05) is 6.07 Å². The van der Waals surface area contributed by atoms with Gasteiger partial charge >= 0.3 is 0 Å². The molecule has 0 bridgehead atoms. The highest BCUT2D eigenvalue weighted by molar-refractivity contribution is 7.98. The Morgan fingerprint density at radius 3 is 2.21 bits per heavy atom. The maximum Gasteiger partial charge on any atom is 0.290 e. The quantitative estimate of drug-likeness (QED) is 0.601. The number of thioether (sulfide) groups is 1. The van der Waals surface area contributed by atoms with Crippen LogP contribution in [-0.2, 0) is 4.79 Å². The fourth-order valence-corrected chi connectivity index (χ4v) is 2.56. The molecule has 0 heterocycles. The second-order valence-corrected chi connectivity index (χ2v) is 6.27. The summed E-state index contributed by atoms with van der Waals surface area (Å²) in [5, 5.41) is 6.89. The van der Waals surface area contributed by atoms with Crippen molar-refractivity contribution in [2.75, 3.05) is 26.9 Å². The molecule has 5 heteroatoms. The van der Waals surface area contributed by atoms with Crippen molar-refractivity contribution in [2.45, 2.75) is 17.4 Å². The highest BCUT2D eigenvalue weighted by Gasteiger charge is 2.13. The number of ether oxygens (including phenoxy) is 1. The zero-order chi connectivity index (χ0) is 17.8. The lowest BCUT2D eigenvalue weighted by Crippen LogP contribution is -2.18. The van der Waals surface area contributed by atoms with Gasteiger partial charge in [-0.05, 0) is 50.2 Å². The first-order valence-electron chi connectivity index (χ1n) is 7.69. The number of nitrogens with zero attached hydrogens (tertiary/aromatic N) is 1. The summed E-state index contributed by atoms with van der Waals surface area (Å²) >= 11 is 1.74. The van der Waals surface area contributed by atoms with Crippen LogP contribution in [0.1, 0.15) is 18.1 Å². The van der Waals surface area contributed by atoms with Crippen LogP contribution in [0.5, 0.6) is 5.75 Å². The van der Waals surface area contributed by atoms with Crippen molar-refractivity contribution in [1.82, 2.24) is 4.90 Å². The molecule has 1 unspecified atom stereocenters. The van der Waals surface area contributed by atoms with Gasteiger partial charge in [-0.15, -0.1) is 11.8 Å². The summed E-state index contributed by atoms with van der Waals surface area (Å²) in [4.78, 5) is 11.8. The normalized spacial score (nSPS) is 11.3. The molecule has 0 amide bonds. The van der Waals surface area contributed by atoms with Gasteiger partial charge < -0.3 is 14.7 Å². The van der Waals surface area contributed by atoms with E-state index < -0.39 is 0 Å². The Bertz CT molecular complexity index is 573. The monoisotopic (exact) mass is 347 g/mol. The van der Waals surface area contributed by atoms with Gasteiger partial charge in [-0.25, -0.2) is 0 Å². The van der Waals surface area contributed by atoms with Gasteiger partial charge in [-0.1, -0.05) is 30.3 Å². The van der Waals surface area contributed by atoms with Gasteiger partial charge in [0.1, 0.15) is 11.9 Å². The molecule has 2 aromatic carbocycles. The summed E-state index contributed by atoms with van der Waals surface area (Å²) < 4.78 is 6.21. The lowest BCUT2D eigenvalue weighted by atomic mass is 10.1. The van der Waals surface area contributed by atoms with Crippen molar-refractivity contribution in [1.29, 1.82) is 0 Å². The molecule has 2 rings (SSSR count). The number of carboxylic acid groups (broad SMARTS) is 1. The fourth-order valence-electron chi connectivity index (χ4n) is 2.16. The SMILES string of the molecule is CSc1ccc(OC(CCN(C)C)c2ccccc2)cc1.O=CO. The Balaban J connectivity index is 0.000000891. The highest BCUT2D eigenvalue weighted by Crippen LogP contribution is 2.26. The zero-order valence-electron chi connectivity index (χ0n) is 14.4. The minimum atomic E-state index is -0.250. The van der Waals surface area contributed by atoms with Gasteiger partial charge in [0, 0.05) is 17.9 Å². The largest absolute Gasteiger partial charge is 0.486 e. The van der Waals surface area contributed by atoms with Crippen LogP contribution in [0.2, 0.25) is 0 Å². The van der Waals surface area contributed by atoms with Gasteiger partial charge in [0.2, 0.25) is 0 Å². The fraction of sp³-hybridized carbons (Fsp3) is 0.316. The van der Waals surface area contributed by atoms with Gasteiger partial charge in [-0.2, -0.15) is 0 Å². The molecule has 0 aliphatic heterocycles. The van der Waals surface area contributed by atoms with Crippen molar-refractivity contribution in [3.8, 4) is 5.75 Å². The number of rotatable bonds is 7. The average molecular weight is 347 g/mol. The molecule has 0 saturated carbocycles. The lowest BCUT2D eigenvalue weighted by Gasteiger charge is -2.21. The molecule has 2 aromatic rings. The maximum absolute atomic E-state index is 8.36. The van der Waals surface area contributed by atoms with Crippen molar-refractivity contribution in [3.05, 3.63) is 60.2 Å². The van der Waals surface area contributed by atoms with Crippen LogP contribution in [0.3, 0.4) is 0 Å². The summed E-state index contributed by atoms with van der Waals surface area (Å²) in [7, 11) is 4.19. The zero-order valence-corrected chi connectivity index (χ0v) is 15.2. The van der Waals surface area contributed by atoms with Crippen LogP contribution in [-0.4, -0.2) is 43.4 Å². The average Bonchev–Trinajstić information content (AvgIpc) is 2.60. The minimum absolute atomic E-state index is 0.0914. The van der Waals surface area contributed by atoms with Crippen LogP contribution in [0.15, 0.2) is 59.5 Å². The Morgan fingerprint density at radius 2 is 1.71 bits per heavy atom. The third kappa shape index (κ3) is 7.53. The summed E-state index contributed by atoms with van der Waals surface area (Å²) in [5.74, 6) is 0.931. The van der Waals surface area contributed by atoms with Gasteiger partial charge in [0.15, 0.2) is 0 Å². The van der Waals surface area contributed by atoms with E-state index in [2.05, 4.69) is 73.8 Å². The van der Waals surface area contributed by atoms with E-state index in [9.17, 15) is 0 Å². The third-order valence-corrected chi connectivity index (χ3v) is 4.09. The molecule has 1 N–H and O–H groups in total. The van der Waals surface area contributed by atoms with Gasteiger partial charge in [0.25, 0.3) is 6.47 Å². The summed E-state index contributed by atoms with van der Waals surface area (Å²) in [5.41, 5.74) is 1.23. The van der Waals surface area contributed by atoms with E-state index >= 15 is 0 Å². The van der Waals surface area contributed by atoms with Crippen LogP contribution < -0.4 is 4.74 Å². The molecule has 4 nitrogen and oxygen atoms in total. The van der Waals surface area contributed by atoms with Crippen molar-refractivity contribution < 1.29 is 14.6 Å². The predicted molar refractivity (Wildman–Crippen MR) is 99.9 cm³/mol.